The predicted octanol–water partition coefficient (Wildman–Crippen LogP) is 1.69. The molecule has 0 radical (unpaired) electrons. The molecule has 2 heterocycles. The van der Waals surface area contributed by atoms with Crippen molar-refractivity contribution in [3.8, 4) is 0 Å². The number of amides is 1. The van der Waals surface area contributed by atoms with Crippen LogP contribution in [0.4, 0.5) is 5.69 Å². The van der Waals surface area contributed by atoms with Crippen LogP contribution in [0.25, 0.3) is 0 Å². The molecular formula is C15H23N3O2. The fraction of sp³-hybridized carbons (Fsp3) is 0.600. The predicted molar refractivity (Wildman–Crippen MR) is 79.1 cm³/mol. The summed E-state index contributed by atoms with van der Waals surface area (Å²) >= 11 is 0. The average Bonchev–Trinajstić information content (AvgIpc) is 2.48. The Morgan fingerprint density at radius 3 is 2.75 bits per heavy atom. The summed E-state index contributed by atoms with van der Waals surface area (Å²) < 4.78 is 5.32. The minimum absolute atomic E-state index is 0.0980. The van der Waals surface area contributed by atoms with Crippen LogP contribution in [0, 0.1) is 5.92 Å². The molecule has 0 bridgehead atoms. The highest BCUT2D eigenvalue weighted by Gasteiger charge is 2.13. The molecule has 1 aromatic heterocycles. The Bertz CT molecular complexity index is 425. The molecule has 1 saturated heterocycles. The lowest BCUT2D eigenvalue weighted by molar-refractivity contribution is 0.0947. The van der Waals surface area contributed by atoms with Crippen LogP contribution in [0.15, 0.2) is 18.3 Å². The number of carbonyl (C=O) groups is 1. The maximum absolute atomic E-state index is 11.9. The van der Waals surface area contributed by atoms with Gasteiger partial charge in [0, 0.05) is 19.6 Å². The molecule has 1 aromatic rings. The van der Waals surface area contributed by atoms with Crippen LogP contribution in [0.2, 0.25) is 0 Å². The summed E-state index contributed by atoms with van der Waals surface area (Å²) in [5, 5.41) is 2.89. The molecule has 0 spiro atoms. The SMILES string of the molecule is CC(C)CCNC(=O)c1ccc(N2CCOCC2)cn1. The van der Waals surface area contributed by atoms with E-state index in [9.17, 15) is 4.79 Å². The van der Waals surface area contributed by atoms with Crippen molar-refractivity contribution in [2.75, 3.05) is 37.7 Å². The summed E-state index contributed by atoms with van der Waals surface area (Å²) in [6.45, 7) is 8.23. The van der Waals surface area contributed by atoms with E-state index in [4.69, 9.17) is 4.74 Å². The Morgan fingerprint density at radius 1 is 1.40 bits per heavy atom. The van der Waals surface area contributed by atoms with E-state index in [1.165, 1.54) is 0 Å². The zero-order chi connectivity index (χ0) is 14.4. The molecule has 1 amide bonds. The normalized spacial score (nSPS) is 15.4. The number of anilines is 1. The van der Waals surface area contributed by atoms with Crippen LogP contribution >= 0.6 is 0 Å². The first kappa shape index (κ1) is 14.8. The number of morpholine rings is 1. The van der Waals surface area contributed by atoms with Gasteiger partial charge in [-0.1, -0.05) is 13.8 Å². The molecule has 0 aliphatic carbocycles. The number of nitrogens with one attached hydrogen (secondary N) is 1. The van der Waals surface area contributed by atoms with E-state index in [0.717, 1.165) is 38.4 Å². The minimum Gasteiger partial charge on any atom is -0.378 e. The quantitative estimate of drug-likeness (QED) is 0.890. The van der Waals surface area contributed by atoms with Gasteiger partial charge >= 0.3 is 0 Å². The van der Waals surface area contributed by atoms with Gasteiger partial charge in [0.25, 0.3) is 5.91 Å². The van der Waals surface area contributed by atoms with Gasteiger partial charge in [0.15, 0.2) is 0 Å². The summed E-state index contributed by atoms with van der Waals surface area (Å²) in [5.41, 5.74) is 1.53. The van der Waals surface area contributed by atoms with Crippen LogP contribution in [-0.2, 0) is 4.74 Å². The smallest absolute Gasteiger partial charge is 0.269 e. The number of carbonyl (C=O) groups excluding carboxylic acids is 1. The molecule has 110 valence electrons. The van der Waals surface area contributed by atoms with Crippen LogP contribution in [0.3, 0.4) is 0 Å². The number of aromatic nitrogens is 1. The molecule has 1 N–H and O–H groups in total. The molecule has 0 saturated carbocycles. The average molecular weight is 277 g/mol. The van der Waals surface area contributed by atoms with Crippen molar-refractivity contribution in [3.05, 3.63) is 24.0 Å². The Labute approximate surface area is 120 Å². The molecule has 2 rings (SSSR count). The number of pyridine rings is 1. The van der Waals surface area contributed by atoms with E-state index in [2.05, 4.69) is 29.0 Å². The van der Waals surface area contributed by atoms with Crippen molar-refractivity contribution >= 4 is 11.6 Å². The van der Waals surface area contributed by atoms with Gasteiger partial charge in [-0.3, -0.25) is 4.79 Å². The summed E-state index contributed by atoms with van der Waals surface area (Å²) in [7, 11) is 0. The topological polar surface area (TPSA) is 54.5 Å². The van der Waals surface area contributed by atoms with Gasteiger partial charge in [-0.2, -0.15) is 0 Å². The largest absolute Gasteiger partial charge is 0.378 e. The first-order chi connectivity index (χ1) is 9.66. The summed E-state index contributed by atoms with van der Waals surface area (Å²) in [6, 6.07) is 3.74. The molecule has 0 atom stereocenters. The molecule has 0 aromatic carbocycles. The van der Waals surface area contributed by atoms with Gasteiger partial charge in [-0.15, -0.1) is 0 Å². The molecular weight excluding hydrogens is 254 g/mol. The Balaban J connectivity index is 1.88. The third kappa shape index (κ3) is 4.20. The maximum Gasteiger partial charge on any atom is 0.269 e. The van der Waals surface area contributed by atoms with E-state index < -0.39 is 0 Å². The third-order valence-electron chi connectivity index (χ3n) is 3.36. The fourth-order valence-corrected chi connectivity index (χ4v) is 2.09. The monoisotopic (exact) mass is 277 g/mol. The van der Waals surface area contributed by atoms with Gasteiger partial charge in [0.1, 0.15) is 5.69 Å². The van der Waals surface area contributed by atoms with Crippen molar-refractivity contribution in [1.82, 2.24) is 10.3 Å². The van der Waals surface area contributed by atoms with E-state index in [1.54, 1.807) is 12.3 Å². The second-order valence-corrected chi connectivity index (χ2v) is 5.44. The number of hydrogen-bond acceptors (Lipinski definition) is 4. The highest BCUT2D eigenvalue weighted by molar-refractivity contribution is 5.92. The van der Waals surface area contributed by atoms with E-state index in [0.29, 0.717) is 18.2 Å². The van der Waals surface area contributed by atoms with Crippen molar-refractivity contribution < 1.29 is 9.53 Å². The second-order valence-electron chi connectivity index (χ2n) is 5.44. The van der Waals surface area contributed by atoms with Crippen LogP contribution in [0.5, 0.6) is 0 Å². The molecule has 5 heteroatoms. The van der Waals surface area contributed by atoms with Crippen molar-refractivity contribution in [3.63, 3.8) is 0 Å². The van der Waals surface area contributed by atoms with Gasteiger partial charge < -0.3 is 15.0 Å². The molecule has 5 nitrogen and oxygen atoms in total. The molecule has 1 aliphatic rings. The Hall–Kier alpha value is -1.62. The highest BCUT2D eigenvalue weighted by Crippen LogP contribution is 2.14. The minimum atomic E-state index is -0.0980. The lowest BCUT2D eigenvalue weighted by Gasteiger charge is -2.28. The number of hydrogen-bond donors (Lipinski definition) is 1. The highest BCUT2D eigenvalue weighted by atomic mass is 16.5. The fourth-order valence-electron chi connectivity index (χ4n) is 2.09. The van der Waals surface area contributed by atoms with E-state index >= 15 is 0 Å². The summed E-state index contributed by atoms with van der Waals surface area (Å²) in [5.74, 6) is 0.492. The zero-order valence-corrected chi connectivity index (χ0v) is 12.3. The first-order valence-corrected chi connectivity index (χ1v) is 7.24. The molecule has 1 aliphatic heterocycles. The van der Waals surface area contributed by atoms with Gasteiger partial charge in [-0.25, -0.2) is 4.98 Å². The van der Waals surface area contributed by atoms with Gasteiger partial charge in [-0.05, 0) is 24.5 Å². The Morgan fingerprint density at radius 2 is 2.15 bits per heavy atom. The maximum atomic E-state index is 11.9. The van der Waals surface area contributed by atoms with E-state index in [1.807, 2.05) is 6.07 Å². The lowest BCUT2D eigenvalue weighted by atomic mass is 10.1. The van der Waals surface area contributed by atoms with E-state index in [-0.39, 0.29) is 5.91 Å². The summed E-state index contributed by atoms with van der Waals surface area (Å²) in [4.78, 5) is 18.4. The Kier molecular flexibility index (Phi) is 5.35. The van der Waals surface area contributed by atoms with Crippen LogP contribution in [0.1, 0.15) is 30.8 Å². The third-order valence-corrected chi connectivity index (χ3v) is 3.36. The van der Waals surface area contributed by atoms with Crippen molar-refractivity contribution in [2.24, 2.45) is 5.92 Å². The lowest BCUT2D eigenvalue weighted by Crippen LogP contribution is -2.36. The van der Waals surface area contributed by atoms with Crippen LogP contribution in [-0.4, -0.2) is 43.7 Å². The molecule has 1 fully saturated rings. The van der Waals surface area contributed by atoms with Crippen molar-refractivity contribution in [1.29, 1.82) is 0 Å². The van der Waals surface area contributed by atoms with Gasteiger partial charge in [0.05, 0.1) is 25.1 Å². The molecule has 0 unspecified atom stereocenters. The van der Waals surface area contributed by atoms with Crippen LogP contribution < -0.4 is 10.2 Å². The van der Waals surface area contributed by atoms with Crippen molar-refractivity contribution in [2.45, 2.75) is 20.3 Å². The standard InChI is InChI=1S/C15H23N3O2/c1-12(2)5-6-16-15(19)14-4-3-13(11-17-14)18-7-9-20-10-8-18/h3-4,11-12H,5-10H2,1-2H3,(H,16,19). The number of nitrogens with zero attached hydrogens (tertiary/aromatic N) is 2. The first-order valence-electron chi connectivity index (χ1n) is 7.24. The number of ether oxygens (including phenoxy) is 1. The molecule has 20 heavy (non-hydrogen) atoms. The summed E-state index contributed by atoms with van der Waals surface area (Å²) in [6.07, 6.45) is 2.75. The second kappa shape index (κ2) is 7.24. The number of rotatable bonds is 5. The zero-order valence-electron chi connectivity index (χ0n) is 12.3. The van der Waals surface area contributed by atoms with Gasteiger partial charge in [0.2, 0.25) is 0 Å².